The summed E-state index contributed by atoms with van der Waals surface area (Å²) < 4.78 is 3.52. The van der Waals surface area contributed by atoms with Crippen molar-refractivity contribution in [1.29, 1.82) is 0 Å². The Bertz CT molecular complexity index is 380. The first-order valence-corrected chi connectivity index (χ1v) is 4.85. The van der Waals surface area contributed by atoms with Gasteiger partial charge >= 0.3 is 0 Å². The van der Waals surface area contributed by atoms with Crippen molar-refractivity contribution >= 4 is 23.2 Å². The summed E-state index contributed by atoms with van der Waals surface area (Å²) in [5.74, 6) is 0. The van der Waals surface area contributed by atoms with Crippen molar-refractivity contribution in [1.82, 2.24) is 19.6 Å². The maximum atomic E-state index is 5.72. The Morgan fingerprint density at radius 3 is 1.64 bits per heavy atom. The molecule has 0 unspecified atom stereocenters. The van der Waals surface area contributed by atoms with E-state index in [4.69, 9.17) is 23.2 Å². The van der Waals surface area contributed by atoms with E-state index in [-0.39, 0.29) is 0 Å². The molecule has 0 saturated carbocycles. The average molecular weight is 231 g/mol. The highest BCUT2D eigenvalue weighted by atomic mass is 35.5. The van der Waals surface area contributed by atoms with E-state index in [0.29, 0.717) is 10.0 Å². The summed E-state index contributed by atoms with van der Waals surface area (Å²) in [7, 11) is 0. The second kappa shape index (κ2) is 4.02. The summed E-state index contributed by atoms with van der Waals surface area (Å²) in [6.07, 6.45) is 6.76. The molecule has 2 rings (SSSR count). The SMILES string of the molecule is Clc1cnn(CCn2cc(Cl)cn2)c1. The van der Waals surface area contributed by atoms with Crippen molar-refractivity contribution in [2.24, 2.45) is 0 Å². The summed E-state index contributed by atoms with van der Waals surface area (Å²) in [6.45, 7) is 1.45. The zero-order valence-electron chi connectivity index (χ0n) is 7.27. The second-order valence-corrected chi connectivity index (χ2v) is 3.72. The van der Waals surface area contributed by atoms with Gasteiger partial charge in [-0.1, -0.05) is 23.2 Å². The van der Waals surface area contributed by atoms with Crippen LogP contribution in [0, 0.1) is 0 Å². The Morgan fingerprint density at radius 1 is 0.929 bits per heavy atom. The Labute approximate surface area is 91.0 Å². The molecule has 2 heterocycles. The molecule has 0 atom stereocenters. The van der Waals surface area contributed by atoms with E-state index in [1.54, 1.807) is 34.2 Å². The zero-order chi connectivity index (χ0) is 9.97. The van der Waals surface area contributed by atoms with Crippen LogP contribution in [0.5, 0.6) is 0 Å². The van der Waals surface area contributed by atoms with Crippen molar-refractivity contribution in [3.05, 3.63) is 34.8 Å². The van der Waals surface area contributed by atoms with Crippen LogP contribution in [-0.2, 0) is 13.1 Å². The molecule has 0 aliphatic rings. The van der Waals surface area contributed by atoms with Crippen LogP contribution < -0.4 is 0 Å². The summed E-state index contributed by atoms with van der Waals surface area (Å²) >= 11 is 11.4. The maximum Gasteiger partial charge on any atom is 0.0785 e. The van der Waals surface area contributed by atoms with Crippen molar-refractivity contribution < 1.29 is 0 Å². The van der Waals surface area contributed by atoms with Crippen LogP contribution in [0.3, 0.4) is 0 Å². The van der Waals surface area contributed by atoms with Gasteiger partial charge in [-0.25, -0.2) is 0 Å². The van der Waals surface area contributed by atoms with Gasteiger partial charge in [0.15, 0.2) is 0 Å². The molecule has 0 aliphatic carbocycles. The predicted molar refractivity (Wildman–Crippen MR) is 54.5 cm³/mol. The van der Waals surface area contributed by atoms with E-state index in [0.717, 1.165) is 13.1 Å². The standard InChI is InChI=1S/C8H8Cl2N4/c9-7-3-11-13(5-7)1-2-14-6-8(10)4-12-14/h3-6H,1-2H2. The molecule has 2 aromatic rings. The van der Waals surface area contributed by atoms with Gasteiger partial charge in [0.2, 0.25) is 0 Å². The fourth-order valence-electron chi connectivity index (χ4n) is 1.13. The summed E-state index contributed by atoms with van der Waals surface area (Å²) in [4.78, 5) is 0. The molecular formula is C8H8Cl2N4. The molecule has 6 heteroatoms. The molecule has 0 spiro atoms. The van der Waals surface area contributed by atoms with Gasteiger partial charge < -0.3 is 0 Å². The molecule has 0 aliphatic heterocycles. The molecule has 4 nitrogen and oxygen atoms in total. The molecule has 0 bridgehead atoms. The molecule has 2 aromatic heterocycles. The highest BCUT2D eigenvalue weighted by Crippen LogP contribution is 2.06. The van der Waals surface area contributed by atoms with Gasteiger partial charge in [0.1, 0.15) is 0 Å². The number of hydrogen-bond acceptors (Lipinski definition) is 2. The summed E-state index contributed by atoms with van der Waals surface area (Å²) in [5, 5.41) is 9.38. The number of halogens is 2. The van der Waals surface area contributed by atoms with Crippen molar-refractivity contribution in [3.63, 3.8) is 0 Å². The fraction of sp³-hybridized carbons (Fsp3) is 0.250. The molecular weight excluding hydrogens is 223 g/mol. The largest absolute Gasteiger partial charge is 0.269 e. The Kier molecular flexibility index (Phi) is 2.74. The van der Waals surface area contributed by atoms with Gasteiger partial charge in [-0.2, -0.15) is 10.2 Å². The lowest BCUT2D eigenvalue weighted by Gasteiger charge is -2.00. The van der Waals surface area contributed by atoms with E-state index in [2.05, 4.69) is 10.2 Å². The van der Waals surface area contributed by atoms with Gasteiger partial charge in [0.25, 0.3) is 0 Å². The average Bonchev–Trinajstić information content (AvgIpc) is 2.72. The first kappa shape index (κ1) is 9.55. The van der Waals surface area contributed by atoms with Crippen molar-refractivity contribution in [2.45, 2.75) is 13.1 Å². The number of aromatic nitrogens is 4. The van der Waals surface area contributed by atoms with E-state index >= 15 is 0 Å². The summed E-state index contributed by atoms with van der Waals surface area (Å²) in [5.41, 5.74) is 0. The van der Waals surface area contributed by atoms with Crippen molar-refractivity contribution in [3.8, 4) is 0 Å². The van der Waals surface area contributed by atoms with Crippen LogP contribution in [0.25, 0.3) is 0 Å². The van der Waals surface area contributed by atoms with Crippen LogP contribution in [0.4, 0.5) is 0 Å². The zero-order valence-corrected chi connectivity index (χ0v) is 8.78. The topological polar surface area (TPSA) is 35.6 Å². The van der Waals surface area contributed by atoms with Crippen LogP contribution in [0.15, 0.2) is 24.8 Å². The Morgan fingerprint density at radius 2 is 1.36 bits per heavy atom. The smallest absolute Gasteiger partial charge is 0.0785 e. The second-order valence-electron chi connectivity index (χ2n) is 2.84. The number of hydrogen-bond donors (Lipinski definition) is 0. The molecule has 0 fully saturated rings. The van der Waals surface area contributed by atoms with Gasteiger partial charge in [-0.05, 0) is 0 Å². The molecule has 74 valence electrons. The third-order valence-electron chi connectivity index (χ3n) is 1.76. The lowest BCUT2D eigenvalue weighted by Crippen LogP contribution is -2.07. The third-order valence-corrected chi connectivity index (χ3v) is 2.15. The molecule has 0 N–H and O–H groups in total. The molecule has 0 amide bonds. The minimum absolute atomic E-state index is 0.642. The van der Waals surface area contributed by atoms with Crippen LogP contribution >= 0.6 is 23.2 Å². The highest BCUT2D eigenvalue weighted by molar-refractivity contribution is 6.30. The molecule has 0 aromatic carbocycles. The first-order chi connectivity index (χ1) is 6.74. The lowest BCUT2D eigenvalue weighted by molar-refractivity contribution is 0.500. The van der Waals surface area contributed by atoms with Gasteiger partial charge in [0.05, 0.1) is 35.5 Å². The van der Waals surface area contributed by atoms with Crippen LogP contribution in [-0.4, -0.2) is 19.6 Å². The van der Waals surface area contributed by atoms with E-state index in [9.17, 15) is 0 Å². The van der Waals surface area contributed by atoms with Gasteiger partial charge in [0, 0.05) is 12.4 Å². The first-order valence-electron chi connectivity index (χ1n) is 4.10. The molecule has 0 saturated heterocycles. The fourth-order valence-corrected chi connectivity index (χ4v) is 1.44. The highest BCUT2D eigenvalue weighted by Gasteiger charge is 1.97. The minimum Gasteiger partial charge on any atom is -0.269 e. The van der Waals surface area contributed by atoms with E-state index in [1.807, 2.05) is 0 Å². The Balaban J connectivity index is 1.94. The molecule has 0 radical (unpaired) electrons. The molecule has 14 heavy (non-hydrogen) atoms. The lowest BCUT2D eigenvalue weighted by atomic mass is 10.6. The summed E-state index contributed by atoms with van der Waals surface area (Å²) in [6, 6.07) is 0. The number of aryl methyl sites for hydroxylation is 2. The third kappa shape index (κ3) is 2.27. The predicted octanol–water partition coefficient (Wildman–Crippen LogP) is 2.09. The van der Waals surface area contributed by atoms with E-state index < -0.39 is 0 Å². The minimum atomic E-state index is 0.642. The van der Waals surface area contributed by atoms with Crippen molar-refractivity contribution in [2.75, 3.05) is 0 Å². The number of rotatable bonds is 3. The maximum absolute atomic E-state index is 5.72. The quantitative estimate of drug-likeness (QED) is 0.810. The van der Waals surface area contributed by atoms with Gasteiger partial charge in [-0.15, -0.1) is 0 Å². The monoisotopic (exact) mass is 230 g/mol. The van der Waals surface area contributed by atoms with E-state index in [1.165, 1.54) is 0 Å². The van der Waals surface area contributed by atoms with Gasteiger partial charge in [-0.3, -0.25) is 9.36 Å². The normalized spacial score (nSPS) is 10.7. The Hall–Kier alpha value is -1.00. The number of nitrogens with zero attached hydrogens (tertiary/aromatic N) is 4. The van der Waals surface area contributed by atoms with Crippen LogP contribution in [0.2, 0.25) is 10.0 Å². The van der Waals surface area contributed by atoms with Crippen LogP contribution in [0.1, 0.15) is 0 Å².